The van der Waals surface area contributed by atoms with Crippen molar-refractivity contribution in [2.45, 2.75) is 0 Å². The Morgan fingerprint density at radius 2 is 1.75 bits per heavy atom. The second kappa shape index (κ2) is 7.77. The fourth-order valence-corrected chi connectivity index (χ4v) is 3.18. The van der Waals surface area contributed by atoms with E-state index in [-0.39, 0.29) is 5.91 Å². The fourth-order valence-electron chi connectivity index (χ4n) is 3.18. The highest BCUT2D eigenvalue weighted by Crippen LogP contribution is 2.24. The zero-order chi connectivity index (χ0) is 19.5. The van der Waals surface area contributed by atoms with E-state index < -0.39 is 0 Å². The molecular weight excluding hydrogens is 356 g/mol. The number of carbonyl (C=O) groups is 1. The molecule has 0 unspecified atom stereocenters. The Bertz CT molecular complexity index is 947. The van der Waals surface area contributed by atoms with Crippen molar-refractivity contribution in [3.05, 3.63) is 54.2 Å². The smallest absolute Gasteiger partial charge is 0.274 e. The maximum absolute atomic E-state index is 13.0. The van der Waals surface area contributed by atoms with Gasteiger partial charge in [-0.3, -0.25) is 4.79 Å². The minimum absolute atomic E-state index is 0.0644. The van der Waals surface area contributed by atoms with Gasteiger partial charge in [-0.05, 0) is 19.2 Å². The van der Waals surface area contributed by atoms with Gasteiger partial charge in [0, 0.05) is 37.8 Å². The van der Waals surface area contributed by atoms with Crippen molar-refractivity contribution in [1.82, 2.24) is 29.8 Å². The summed E-state index contributed by atoms with van der Waals surface area (Å²) >= 11 is 0. The number of methoxy groups -OCH3 is 1. The number of ether oxygens (including phenoxy) is 1. The van der Waals surface area contributed by atoms with E-state index in [4.69, 9.17) is 4.74 Å². The molecule has 1 aromatic carbocycles. The summed E-state index contributed by atoms with van der Waals surface area (Å²) in [6.07, 6.45) is 0. The third-order valence-electron chi connectivity index (χ3n) is 4.84. The molecule has 8 heteroatoms. The maximum atomic E-state index is 13.0. The zero-order valence-electron chi connectivity index (χ0n) is 15.9. The number of hydrogen-bond acceptors (Lipinski definition) is 6. The van der Waals surface area contributed by atoms with Crippen LogP contribution in [-0.4, -0.2) is 76.0 Å². The average molecular weight is 378 g/mol. The summed E-state index contributed by atoms with van der Waals surface area (Å²) in [6, 6.07) is 15.1. The number of aromatic nitrogens is 4. The van der Waals surface area contributed by atoms with Crippen molar-refractivity contribution in [1.29, 1.82) is 0 Å². The van der Waals surface area contributed by atoms with Crippen molar-refractivity contribution < 1.29 is 9.53 Å². The van der Waals surface area contributed by atoms with Crippen LogP contribution in [0.15, 0.2) is 48.5 Å². The number of amides is 1. The fraction of sp³-hybridized carbons (Fsp3) is 0.300. The lowest BCUT2D eigenvalue weighted by molar-refractivity contribution is 0.0657. The molecule has 0 spiro atoms. The molecule has 2 aromatic heterocycles. The SMILES string of the molecule is COc1ccc(-n2nc(C(=O)N3CCN(C)CC3)cc2-c2ccccc2)nn1. The molecule has 3 aromatic rings. The zero-order valence-corrected chi connectivity index (χ0v) is 15.9. The second-order valence-electron chi connectivity index (χ2n) is 6.72. The molecule has 1 amide bonds. The van der Waals surface area contributed by atoms with Gasteiger partial charge in [-0.15, -0.1) is 10.2 Å². The molecule has 0 saturated carbocycles. The van der Waals surface area contributed by atoms with Crippen LogP contribution < -0.4 is 4.74 Å². The Kier molecular flexibility index (Phi) is 5.03. The predicted octanol–water partition coefficient (Wildman–Crippen LogP) is 1.73. The van der Waals surface area contributed by atoms with E-state index in [1.807, 2.05) is 41.3 Å². The number of nitrogens with zero attached hydrogens (tertiary/aromatic N) is 6. The van der Waals surface area contributed by atoms with Crippen LogP contribution in [0.3, 0.4) is 0 Å². The van der Waals surface area contributed by atoms with E-state index in [2.05, 4.69) is 27.2 Å². The number of rotatable bonds is 4. The normalized spacial score (nSPS) is 14.9. The van der Waals surface area contributed by atoms with Gasteiger partial charge < -0.3 is 14.5 Å². The number of carbonyl (C=O) groups excluding carboxylic acids is 1. The van der Waals surface area contributed by atoms with Crippen molar-refractivity contribution >= 4 is 5.91 Å². The third-order valence-corrected chi connectivity index (χ3v) is 4.84. The molecule has 4 rings (SSSR count). The summed E-state index contributed by atoms with van der Waals surface area (Å²) in [6.45, 7) is 3.13. The number of likely N-dealkylation sites (N-methyl/N-ethyl adjacent to an activating group) is 1. The quantitative estimate of drug-likeness (QED) is 0.688. The Hall–Kier alpha value is -3.26. The first-order valence-corrected chi connectivity index (χ1v) is 9.17. The van der Waals surface area contributed by atoms with Crippen molar-refractivity contribution in [2.75, 3.05) is 40.3 Å². The molecule has 0 N–H and O–H groups in total. The molecule has 1 saturated heterocycles. The van der Waals surface area contributed by atoms with Crippen LogP contribution in [-0.2, 0) is 0 Å². The first kappa shape index (κ1) is 18.1. The molecular formula is C20H22N6O2. The lowest BCUT2D eigenvalue weighted by Gasteiger charge is -2.31. The molecule has 28 heavy (non-hydrogen) atoms. The van der Waals surface area contributed by atoms with E-state index in [1.165, 1.54) is 0 Å². The van der Waals surface area contributed by atoms with E-state index in [0.717, 1.165) is 24.3 Å². The molecule has 0 aliphatic carbocycles. The van der Waals surface area contributed by atoms with E-state index in [0.29, 0.717) is 30.5 Å². The summed E-state index contributed by atoms with van der Waals surface area (Å²) in [5, 5.41) is 12.8. The first-order chi connectivity index (χ1) is 13.7. The molecule has 1 aliphatic rings. The summed E-state index contributed by atoms with van der Waals surface area (Å²) in [4.78, 5) is 17.1. The lowest BCUT2D eigenvalue weighted by atomic mass is 10.1. The standard InChI is InChI=1S/C20H22N6O2/c1-24-10-12-25(13-11-24)20(27)16-14-17(15-6-4-3-5-7-15)26(23-16)18-8-9-19(28-2)22-21-18/h3-9,14H,10-13H2,1-2H3. The van der Waals surface area contributed by atoms with Gasteiger partial charge in [-0.25, -0.2) is 4.68 Å². The Balaban J connectivity index is 1.72. The van der Waals surface area contributed by atoms with Gasteiger partial charge in [-0.1, -0.05) is 30.3 Å². The molecule has 144 valence electrons. The molecule has 0 radical (unpaired) electrons. The van der Waals surface area contributed by atoms with Gasteiger partial charge in [0.1, 0.15) is 0 Å². The van der Waals surface area contributed by atoms with Crippen LogP contribution >= 0.6 is 0 Å². The predicted molar refractivity (Wildman–Crippen MR) is 105 cm³/mol. The topological polar surface area (TPSA) is 76.4 Å². The number of hydrogen-bond donors (Lipinski definition) is 0. The van der Waals surface area contributed by atoms with Crippen LogP contribution in [0.4, 0.5) is 0 Å². The summed E-state index contributed by atoms with van der Waals surface area (Å²) in [5.74, 6) is 0.883. The highest BCUT2D eigenvalue weighted by atomic mass is 16.5. The molecule has 0 atom stereocenters. The van der Waals surface area contributed by atoms with Crippen molar-refractivity contribution in [2.24, 2.45) is 0 Å². The Morgan fingerprint density at radius 1 is 1.00 bits per heavy atom. The van der Waals surface area contributed by atoms with Crippen LogP contribution in [0.5, 0.6) is 5.88 Å². The van der Waals surface area contributed by atoms with E-state index in [9.17, 15) is 4.79 Å². The first-order valence-electron chi connectivity index (χ1n) is 9.17. The number of benzene rings is 1. The lowest BCUT2D eigenvalue weighted by Crippen LogP contribution is -2.47. The van der Waals surface area contributed by atoms with Gasteiger partial charge in [0.05, 0.1) is 12.8 Å². The number of piperazine rings is 1. The van der Waals surface area contributed by atoms with Crippen LogP contribution in [0.25, 0.3) is 17.1 Å². The van der Waals surface area contributed by atoms with E-state index in [1.54, 1.807) is 23.9 Å². The summed E-state index contributed by atoms with van der Waals surface area (Å²) < 4.78 is 6.74. The molecule has 8 nitrogen and oxygen atoms in total. The van der Waals surface area contributed by atoms with E-state index >= 15 is 0 Å². The Labute approximate surface area is 163 Å². The Morgan fingerprint density at radius 3 is 2.39 bits per heavy atom. The average Bonchev–Trinajstić information content (AvgIpc) is 3.20. The van der Waals surface area contributed by atoms with Crippen LogP contribution in [0.1, 0.15) is 10.5 Å². The van der Waals surface area contributed by atoms with Crippen molar-refractivity contribution in [3.63, 3.8) is 0 Å². The highest BCUT2D eigenvalue weighted by molar-refractivity contribution is 5.93. The third kappa shape index (κ3) is 3.59. The second-order valence-corrected chi connectivity index (χ2v) is 6.72. The van der Waals surface area contributed by atoms with Crippen LogP contribution in [0.2, 0.25) is 0 Å². The molecule has 0 bridgehead atoms. The van der Waals surface area contributed by atoms with Crippen molar-refractivity contribution in [3.8, 4) is 23.0 Å². The summed E-state index contributed by atoms with van der Waals surface area (Å²) in [7, 11) is 3.60. The highest BCUT2D eigenvalue weighted by Gasteiger charge is 2.24. The van der Waals surface area contributed by atoms with Gasteiger partial charge in [0.2, 0.25) is 5.88 Å². The monoisotopic (exact) mass is 378 g/mol. The minimum atomic E-state index is -0.0644. The molecule has 1 aliphatic heterocycles. The maximum Gasteiger partial charge on any atom is 0.274 e. The minimum Gasteiger partial charge on any atom is -0.480 e. The molecule has 3 heterocycles. The van der Waals surface area contributed by atoms with Gasteiger partial charge in [0.15, 0.2) is 11.5 Å². The van der Waals surface area contributed by atoms with Gasteiger partial charge in [0.25, 0.3) is 5.91 Å². The molecule has 1 fully saturated rings. The summed E-state index contributed by atoms with van der Waals surface area (Å²) in [5.41, 5.74) is 2.14. The van der Waals surface area contributed by atoms with Gasteiger partial charge in [-0.2, -0.15) is 5.10 Å². The van der Waals surface area contributed by atoms with Crippen LogP contribution in [0, 0.1) is 0 Å². The van der Waals surface area contributed by atoms with Gasteiger partial charge >= 0.3 is 0 Å². The largest absolute Gasteiger partial charge is 0.480 e.